The molecule has 140 valence electrons. The first-order valence-electron chi connectivity index (χ1n) is 7.86. The third-order valence-corrected chi connectivity index (χ3v) is 3.83. The number of aromatic nitrogens is 3. The first-order chi connectivity index (χ1) is 12.4. The average Bonchev–Trinajstić information content (AvgIpc) is 2.96. The summed E-state index contributed by atoms with van der Waals surface area (Å²) >= 11 is 0. The van der Waals surface area contributed by atoms with Crippen LogP contribution in [0, 0.1) is 17.0 Å². The molecule has 2 heterocycles. The minimum absolute atomic E-state index is 0. The topological polar surface area (TPSA) is 116 Å². The van der Waals surface area contributed by atoms with Gasteiger partial charge in [0.1, 0.15) is 18.6 Å². The number of anilines is 1. The van der Waals surface area contributed by atoms with Crippen LogP contribution in [0.3, 0.4) is 0 Å². The summed E-state index contributed by atoms with van der Waals surface area (Å²) in [7, 11) is 1.94. The molecule has 3 aromatic rings. The molecule has 0 amide bonds. The monoisotopic (exact) mass is 387 g/mol. The lowest BCUT2D eigenvalue weighted by Gasteiger charge is -2.03. The minimum atomic E-state index is -0.483. The van der Waals surface area contributed by atoms with Crippen molar-refractivity contribution in [2.75, 3.05) is 5.73 Å². The highest BCUT2D eigenvalue weighted by Crippen LogP contribution is 2.31. The maximum Gasteiger partial charge on any atom is 0.296 e. The number of nitro groups is 1. The number of aryl methyl sites for hydroxylation is 2. The molecule has 0 bridgehead atoms. The van der Waals surface area contributed by atoms with Crippen LogP contribution in [0.15, 0.2) is 59.2 Å². The molecule has 2 aromatic heterocycles. The second-order valence-corrected chi connectivity index (χ2v) is 5.89. The standard InChI is InChI=1S/C17H18N7O2.ClH/c1-12-3-4-14(16(9-12)24(25)26)20-21-15-10-19-23(17(15)18)11-13-5-7-22(2)8-6-13;/h3-10H,11,18H2,1-2H3;1H/q+1;/p-1/b21-20+;. The number of pyridine rings is 1. The summed E-state index contributed by atoms with van der Waals surface area (Å²) in [6.45, 7) is 2.27. The van der Waals surface area contributed by atoms with Crippen molar-refractivity contribution in [3.63, 3.8) is 0 Å². The Labute approximate surface area is 161 Å². The summed E-state index contributed by atoms with van der Waals surface area (Å²) in [5, 5.41) is 23.4. The highest BCUT2D eigenvalue weighted by atomic mass is 35.5. The highest BCUT2D eigenvalue weighted by molar-refractivity contribution is 5.60. The third kappa shape index (κ3) is 4.64. The number of nitro benzene ring substituents is 1. The van der Waals surface area contributed by atoms with Crippen molar-refractivity contribution in [3.8, 4) is 0 Å². The van der Waals surface area contributed by atoms with E-state index < -0.39 is 4.92 Å². The SMILES string of the molecule is Cc1ccc(/N=N/c2cnn(Cc3cc[n+](C)cc3)c2N)c([N+](=O)[O-])c1.[Cl-]. The zero-order chi connectivity index (χ0) is 18.7. The zero-order valence-electron chi connectivity index (χ0n) is 14.8. The summed E-state index contributed by atoms with van der Waals surface area (Å²) in [6.07, 6.45) is 5.36. The maximum atomic E-state index is 11.1. The molecule has 9 nitrogen and oxygen atoms in total. The van der Waals surface area contributed by atoms with Crippen molar-refractivity contribution in [2.45, 2.75) is 13.5 Å². The van der Waals surface area contributed by atoms with Gasteiger partial charge in [-0.1, -0.05) is 6.07 Å². The van der Waals surface area contributed by atoms with E-state index in [1.54, 1.807) is 23.7 Å². The maximum absolute atomic E-state index is 11.1. The fourth-order valence-corrected chi connectivity index (χ4v) is 2.37. The van der Waals surface area contributed by atoms with E-state index in [9.17, 15) is 10.1 Å². The lowest BCUT2D eigenvalue weighted by molar-refractivity contribution is -0.671. The summed E-state index contributed by atoms with van der Waals surface area (Å²) in [5.74, 6) is 0.344. The van der Waals surface area contributed by atoms with Crippen molar-refractivity contribution in [3.05, 3.63) is 70.2 Å². The van der Waals surface area contributed by atoms with Gasteiger partial charge >= 0.3 is 0 Å². The van der Waals surface area contributed by atoms with Gasteiger partial charge in [-0.3, -0.25) is 10.1 Å². The van der Waals surface area contributed by atoms with Gasteiger partial charge in [0.25, 0.3) is 5.69 Å². The van der Waals surface area contributed by atoms with Gasteiger partial charge in [0.05, 0.1) is 17.7 Å². The molecule has 1 aromatic carbocycles. The van der Waals surface area contributed by atoms with Gasteiger partial charge in [0.2, 0.25) is 0 Å². The van der Waals surface area contributed by atoms with Gasteiger partial charge in [0, 0.05) is 18.2 Å². The molecule has 0 aliphatic heterocycles. The Morgan fingerprint density at radius 1 is 1.22 bits per heavy atom. The predicted molar refractivity (Wildman–Crippen MR) is 95.4 cm³/mol. The second kappa shape index (κ2) is 8.37. The van der Waals surface area contributed by atoms with Crippen LogP contribution in [0.2, 0.25) is 0 Å². The van der Waals surface area contributed by atoms with Gasteiger partial charge in [-0.25, -0.2) is 9.25 Å². The van der Waals surface area contributed by atoms with Crippen LogP contribution in [0.5, 0.6) is 0 Å². The highest BCUT2D eigenvalue weighted by Gasteiger charge is 2.14. The number of nitrogens with zero attached hydrogens (tertiary/aromatic N) is 6. The van der Waals surface area contributed by atoms with Crippen LogP contribution in [-0.2, 0) is 13.6 Å². The van der Waals surface area contributed by atoms with E-state index in [1.807, 2.05) is 36.1 Å². The van der Waals surface area contributed by atoms with Gasteiger partial charge in [-0.15, -0.1) is 10.2 Å². The lowest BCUT2D eigenvalue weighted by Crippen LogP contribution is -3.00. The fourth-order valence-electron chi connectivity index (χ4n) is 2.37. The van der Waals surface area contributed by atoms with E-state index in [1.165, 1.54) is 12.3 Å². The quantitative estimate of drug-likeness (QED) is 0.286. The van der Waals surface area contributed by atoms with E-state index in [-0.39, 0.29) is 23.8 Å². The number of nitrogen functional groups attached to an aromatic ring is 1. The zero-order valence-corrected chi connectivity index (χ0v) is 15.5. The Morgan fingerprint density at radius 3 is 2.56 bits per heavy atom. The number of rotatable bonds is 5. The van der Waals surface area contributed by atoms with Crippen LogP contribution in [0.25, 0.3) is 0 Å². The van der Waals surface area contributed by atoms with Crippen LogP contribution in [-0.4, -0.2) is 14.7 Å². The van der Waals surface area contributed by atoms with Crippen molar-refractivity contribution in [1.82, 2.24) is 9.78 Å². The van der Waals surface area contributed by atoms with Gasteiger partial charge in [-0.2, -0.15) is 5.10 Å². The molecule has 0 radical (unpaired) electrons. The molecule has 3 rings (SSSR count). The number of azo groups is 1. The fraction of sp³-hybridized carbons (Fsp3) is 0.176. The van der Waals surface area contributed by atoms with Crippen LogP contribution in [0.1, 0.15) is 11.1 Å². The van der Waals surface area contributed by atoms with Crippen LogP contribution in [0.4, 0.5) is 22.9 Å². The molecule has 0 saturated carbocycles. The van der Waals surface area contributed by atoms with Crippen LogP contribution < -0.4 is 22.7 Å². The Balaban J connectivity index is 0.00000261. The van der Waals surface area contributed by atoms with Gasteiger partial charge in [0.15, 0.2) is 18.1 Å². The normalized spacial score (nSPS) is 10.7. The third-order valence-electron chi connectivity index (χ3n) is 3.83. The summed E-state index contributed by atoms with van der Waals surface area (Å²) in [4.78, 5) is 10.7. The van der Waals surface area contributed by atoms with Gasteiger partial charge in [-0.05, 0) is 24.1 Å². The van der Waals surface area contributed by atoms with E-state index >= 15 is 0 Å². The first-order valence-corrected chi connectivity index (χ1v) is 7.86. The van der Waals surface area contributed by atoms with Crippen molar-refractivity contribution in [2.24, 2.45) is 17.3 Å². The van der Waals surface area contributed by atoms with Crippen molar-refractivity contribution in [1.29, 1.82) is 0 Å². The number of nitrogens with two attached hydrogens (primary N) is 1. The lowest BCUT2D eigenvalue weighted by atomic mass is 10.2. The minimum Gasteiger partial charge on any atom is -1.00 e. The number of hydrogen-bond donors (Lipinski definition) is 1. The van der Waals surface area contributed by atoms with E-state index in [4.69, 9.17) is 5.73 Å². The van der Waals surface area contributed by atoms with Crippen molar-refractivity contribution < 1.29 is 21.9 Å². The van der Waals surface area contributed by atoms with Crippen LogP contribution >= 0.6 is 0 Å². The molecule has 0 aliphatic carbocycles. The first kappa shape index (κ1) is 20.0. The molecule has 0 aliphatic rings. The average molecular weight is 388 g/mol. The molecular weight excluding hydrogens is 370 g/mol. The Kier molecular flexibility index (Phi) is 6.19. The van der Waals surface area contributed by atoms with E-state index in [0.717, 1.165) is 11.1 Å². The number of halogens is 1. The Hall–Kier alpha value is -3.33. The van der Waals surface area contributed by atoms with E-state index in [0.29, 0.717) is 18.1 Å². The number of benzene rings is 1. The molecule has 0 saturated heterocycles. The molecular formula is C17H18ClN7O2. The molecule has 0 spiro atoms. The molecule has 0 fully saturated rings. The second-order valence-electron chi connectivity index (χ2n) is 5.89. The van der Waals surface area contributed by atoms with Crippen molar-refractivity contribution >= 4 is 22.9 Å². The number of hydrogen-bond acceptors (Lipinski definition) is 6. The smallest absolute Gasteiger partial charge is 0.296 e. The van der Waals surface area contributed by atoms with E-state index in [2.05, 4.69) is 15.3 Å². The molecule has 27 heavy (non-hydrogen) atoms. The van der Waals surface area contributed by atoms with Gasteiger partial charge < -0.3 is 18.1 Å². The summed E-state index contributed by atoms with van der Waals surface area (Å²) in [5.41, 5.74) is 8.32. The molecule has 0 atom stereocenters. The largest absolute Gasteiger partial charge is 1.00 e. The molecule has 2 N–H and O–H groups in total. The summed E-state index contributed by atoms with van der Waals surface area (Å²) in [6, 6.07) is 8.69. The Bertz CT molecular complexity index is 983. The Morgan fingerprint density at radius 2 is 1.89 bits per heavy atom. The molecule has 10 heteroatoms. The molecule has 0 unspecified atom stereocenters. The predicted octanol–water partition coefficient (Wildman–Crippen LogP) is -0.0259. The summed E-state index contributed by atoms with van der Waals surface area (Å²) < 4.78 is 3.54.